The molecule has 2 heteroatoms. The quantitative estimate of drug-likeness (QED) is 0.877. The fraction of sp³-hybridized carbons (Fsp3) is 0.647. The molecule has 1 aromatic rings. The van der Waals surface area contributed by atoms with Crippen LogP contribution in [-0.4, -0.2) is 30.6 Å². The van der Waals surface area contributed by atoms with E-state index in [2.05, 4.69) is 42.3 Å². The van der Waals surface area contributed by atoms with Crippen LogP contribution >= 0.6 is 0 Å². The highest BCUT2D eigenvalue weighted by atomic mass is 15.2. The van der Waals surface area contributed by atoms with Crippen LogP contribution in [-0.2, 0) is 6.54 Å². The van der Waals surface area contributed by atoms with E-state index in [1.54, 1.807) is 0 Å². The summed E-state index contributed by atoms with van der Waals surface area (Å²) in [7, 11) is 0. The number of benzene rings is 1. The summed E-state index contributed by atoms with van der Waals surface area (Å²) in [6, 6.07) is 7.72. The highest BCUT2D eigenvalue weighted by Crippen LogP contribution is 2.26. The summed E-state index contributed by atoms with van der Waals surface area (Å²) in [5.74, 6) is 0.883. The van der Waals surface area contributed by atoms with Gasteiger partial charge in [0.1, 0.15) is 0 Å². The van der Waals surface area contributed by atoms with Gasteiger partial charge in [-0.25, -0.2) is 0 Å². The van der Waals surface area contributed by atoms with Crippen molar-refractivity contribution in [3.05, 3.63) is 34.9 Å². The van der Waals surface area contributed by atoms with Crippen LogP contribution in [0.1, 0.15) is 36.0 Å². The van der Waals surface area contributed by atoms with E-state index in [1.165, 1.54) is 55.6 Å². The maximum atomic E-state index is 3.70. The van der Waals surface area contributed by atoms with Crippen molar-refractivity contribution in [1.29, 1.82) is 0 Å². The van der Waals surface area contributed by atoms with E-state index in [9.17, 15) is 0 Å². The van der Waals surface area contributed by atoms with Crippen molar-refractivity contribution in [3.8, 4) is 0 Å². The highest BCUT2D eigenvalue weighted by Gasteiger charge is 2.30. The van der Waals surface area contributed by atoms with Gasteiger partial charge in [-0.3, -0.25) is 4.90 Å². The molecule has 2 saturated heterocycles. The van der Waals surface area contributed by atoms with E-state index in [-0.39, 0.29) is 0 Å². The predicted molar refractivity (Wildman–Crippen MR) is 80.3 cm³/mol. The Hall–Kier alpha value is -0.860. The van der Waals surface area contributed by atoms with Gasteiger partial charge >= 0.3 is 0 Å². The number of rotatable bonds is 2. The number of piperidine rings is 2. The SMILES string of the molecule is Cc1ccc(CN2CCC3NCCCC3C2)cc1C. The number of aryl methyl sites for hydroxylation is 2. The van der Waals surface area contributed by atoms with Gasteiger partial charge in [0.25, 0.3) is 0 Å². The summed E-state index contributed by atoms with van der Waals surface area (Å²) in [6.45, 7) is 9.31. The van der Waals surface area contributed by atoms with Crippen LogP contribution in [0.2, 0.25) is 0 Å². The Balaban J connectivity index is 1.62. The molecular formula is C17H26N2. The van der Waals surface area contributed by atoms with Crippen molar-refractivity contribution in [2.75, 3.05) is 19.6 Å². The molecule has 0 saturated carbocycles. The zero-order valence-electron chi connectivity index (χ0n) is 12.3. The van der Waals surface area contributed by atoms with Gasteiger partial charge in [-0.05, 0) is 68.8 Å². The largest absolute Gasteiger partial charge is 0.314 e. The number of likely N-dealkylation sites (tertiary alicyclic amines) is 1. The average Bonchev–Trinajstić information content (AvgIpc) is 2.43. The Bertz CT molecular complexity index is 441. The predicted octanol–water partition coefficient (Wildman–Crippen LogP) is 2.88. The molecule has 2 fully saturated rings. The first-order chi connectivity index (χ1) is 9.22. The van der Waals surface area contributed by atoms with Crippen LogP contribution in [0.3, 0.4) is 0 Å². The van der Waals surface area contributed by atoms with E-state index in [0.717, 1.165) is 18.5 Å². The van der Waals surface area contributed by atoms with Gasteiger partial charge in [-0.15, -0.1) is 0 Å². The third-order valence-electron chi connectivity index (χ3n) is 4.95. The van der Waals surface area contributed by atoms with E-state index < -0.39 is 0 Å². The first-order valence-electron chi connectivity index (χ1n) is 7.74. The normalized spacial score (nSPS) is 28.1. The molecular weight excluding hydrogens is 232 g/mol. The van der Waals surface area contributed by atoms with E-state index in [0.29, 0.717) is 0 Å². The molecule has 2 aliphatic rings. The van der Waals surface area contributed by atoms with E-state index in [4.69, 9.17) is 0 Å². The molecule has 19 heavy (non-hydrogen) atoms. The summed E-state index contributed by atoms with van der Waals surface area (Å²) in [4.78, 5) is 2.65. The van der Waals surface area contributed by atoms with E-state index in [1.807, 2.05) is 0 Å². The van der Waals surface area contributed by atoms with Crippen molar-refractivity contribution in [2.45, 2.75) is 45.7 Å². The molecule has 2 nitrogen and oxygen atoms in total. The lowest BCUT2D eigenvalue weighted by Gasteiger charge is -2.41. The van der Waals surface area contributed by atoms with Gasteiger partial charge in [0.05, 0.1) is 0 Å². The zero-order valence-corrected chi connectivity index (χ0v) is 12.3. The summed E-state index contributed by atoms with van der Waals surface area (Å²) in [6.07, 6.45) is 4.11. The van der Waals surface area contributed by atoms with E-state index >= 15 is 0 Å². The molecule has 1 N–H and O–H groups in total. The van der Waals surface area contributed by atoms with Gasteiger partial charge in [-0.2, -0.15) is 0 Å². The summed E-state index contributed by atoms with van der Waals surface area (Å²) in [5.41, 5.74) is 4.30. The minimum absolute atomic E-state index is 0.796. The molecule has 2 unspecified atom stereocenters. The molecule has 0 aliphatic carbocycles. The van der Waals surface area contributed by atoms with Crippen molar-refractivity contribution < 1.29 is 0 Å². The van der Waals surface area contributed by atoms with Gasteiger partial charge in [0.2, 0.25) is 0 Å². The number of fused-ring (bicyclic) bond motifs is 1. The molecule has 0 amide bonds. The Kier molecular flexibility index (Phi) is 3.90. The van der Waals surface area contributed by atoms with Gasteiger partial charge in [-0.1, -0.05) is 18.2 Å². The number of nitrogens with zero attached hydrogens (tertiary/aromatic N) is 1. The minimum atomic E-state index is 0.796. The lowest BCUT2D eigenvalue weighted by Crippen LogP contribution is -2.51. The fourth-order valence-corrected chi connectivity index (χ4v) is 3.62. The summed E-state index contributed by atoms with van der Waals surface area (Å²) < 4.78 is 0. The van der Waals surface area contributed by atoms with Crippen LogP contribution < -0.4 is 5.32 Å². The first kappa shape index (κ1) is 13.1. The van der Waals surface area contributed by atoms with Crippen LogP contribution in [0.15, 0.2) is 18.2 Å². The molecule has 0 aromatic heterocycles. The lowest BCUT2D eigenvalue weighted by molar-refractivity contribution is 0.109. The fourth-order valence-electron chi connectivity index (χ4n) is 3.62. The maximum absolute atomic E-state index is 3.70. The summed E-state index contributed by atoms with van der Waals surface area (Å²) in [5, 5.41) is 3.70. The Morgan fingerprint density at radius 1 is 1.21 bits per heavy atom. The van der Waals surface area contributed by atoms with Crippen molar-refractivity contribution in [1.82, 2.24) is 10.2 Å². The molecule has 2 atom stereocenters. The molecule has 2 heterocycles. The lowest BCUT2D eigenvalue weighted by atomic mass is 9.85. The molecule has 0 bridgehead atoms. The monoisotopic (exact) mass is 258 g/mol. The number of nitrogens with one attached hydrogen (secondary N) is 1. The zero-order chi connectivity index (χ0) is 13.2. The molecule has 0 spiro atoms. The average molecular weight is 258 g/mol. The topological polar surface area (TPSA) is 15.3 Å². The molecule has 0 radical (unpaired) electrons. The first-order valence-corrected chi connectivity index (χ1v) is 7.74. The minimum Gasteiger partial charge on any atom is -0.314 e. The molecule has 104 valence electrons. The standard InChI is InChI=1S/C17H26N2/c1-13-5-6-15(10-14(13)2)11-19-9-7-17-16(12-19)4-3-8-18-17/h5-6,10,16-18H,3-4,7-9,11-12H2,1-2H3. The molecule has 3 rings (SSSR count). The van der Waals surface area contributed by atoms with Crippen molar-refractivity contribution >= 4 is 0 Å². The second-order valence-electron chi connectivity index (χ2n) is 6.41. The smallest absolute Gasteiger partial charge is 0.0233 e. The van der Waals surface area contributed by atoms with Crippen molar-refractivity contribution in [3.63, 3.8) is 0 Å². The third-order valence-corrected chi connectivity index (χ3v) is 4.95. The van der Waals surface area contributed by atoms with Gasteiger partial charge < -0.3 is 5.32 Å². The summed E-state index contributed by atoms with van der Waals surface area (Å²) >= 11 is 0. The molecule has 2 aliphatic heterocycles. The second kappa shape index (κ2) is 5.64. The second-order valence-corrected chi connectivity index (χ2v) is 6.41. The van der Waals surface area contributed by atoms with Crippen LogP contribution in [0.5, 0.6) is 0 Å². The van der Waals surface area contributed by atoms with Crippen molar-refractivity contribution in [2.24, 2.45) is 5.92 Å². The highest BCUT2D eigenvalue weighted by molar-refractivity contribution is 5.29. The van der Waals surface area contributed by atoms with Crippen LogP contribution in [0.25, 0.3) is 0 Å². The van der Waals surface area contributed by atoms with Gasteiger partial charge in [0, 0.05) is 19.1 Å². The van der Waals surface area contributed by atoms with Crippen LogP contribution in [0, 0.1) is 19.8 Å². The van der Waals surface area contributed by atoms with Gasteiger partial charge in [0.15, 0.2) is 0 Å². The third kappa shape index (κ3) is 3.01. The maximum Gasteiger partial charge on any atom is 0.0233 e. The Morgan fingerprint density at radius 2 is 2.11 bits per heavy atom. The Labute approximate surface area is 117 Å². The number of hydrogen-bond donors (Lipinski definition) is 1. The Morgan fingerprint density at radius 3 is 2.95 bits per heavy atom. The molecule has 1 aromatic carbocycles. The number of hydrogen-bond acceptors (Lipinski definition) is 2. The van der Waals surface area contributed by atoms with Crippen LogP contribution in [0.4, 0.5) is 0 Å².